The Bertz CT molecular complexity index is 1550. The van der Waals surface area contributed by atoms with E-state index >= 15 is 0 Å². The second-order valence-electron chi connectivity index (χ2n) is 11.2. The van der Waals surface area contributed by atoms with Crippen LogP contribution in [0.3, 0.4) is 0 Å². The number of hydrogen-bond acceptors (Lipinski definition) is 4. The maximum Gasteiger partial charge on any atom is 0.321 e. The number of benzene rings is 4. The molecule has 3 N–H and O–H groups in total. The molecule has 0 bridgehead atoms. The van der Waals surface area contributed by atoms with E-state index in [0.29, 0.717) is 29.8 Å². The first-order valence-corrected chi connectivity index (χ1v) is 15.8. The first-order chi connectivity index (χ1) is 21.9. The summed E-state index contributed by atoms with van der Waals surface area (Å²) in [5, 5.41) is 9.10. The van der Waals surface area contributed by atoms with Gasteiger partial charge in [0, 0.05) is 49.6 Å². The molecule has 0 aliphatic heterocycles. The Labute approximate surface area is 267 Å². The number of ketones is 1. The van der Waals surface area contributed by atoms with Crippen molar-refractivity contribution >= 4 is 29.1 Å². The monoisotopic (exact) mass is 604 g/mol. The summed E-state index contributed by atoms with van der Waals surface area (Å²) in [7, 11) is 3.39. The molecule has 0 fully saturated rings. The van der Waals surface area contributed by atoms with E-state index in [1.165, 1.54) is 19.3 Å². The molecule has 7 heteroatoms. The fraction of sp³-hybridized carbons (Fsp3) is 0.289. The normalized spacial score (nSPS) is 11.4. The summed E-state index contributed by atoms with van der Waals surface area (Å²) in [5.41, 5.74) is 5.50. The van der Waals surface area contributed by atoms with Gasteiger partial charge in [0.2, 0.25) is 5.91 Å². The van der Waals surface area contributed by atoms with Crippen molar-refractivity contribution in [2.24, 2.45) is 0 Å². The van der Waals surface area contributed by atoms with Crippen LogP contribution in [-0.2, 0) is 11.2 Å². The molecule has 3 amide bonds. The molecule has 7 nitrogen and oxygen atoms in total. The minimum absolute atomic E-state index is 0.105. The van der Waals surface area contributed by atoms with Gasteiger partial charge >= 0.3 is 6.03 Å². The second kappa shape index (κ2) is 16.8. The van der Waals surface area contributed by atoms with E-state index in [1.807, 2.05) is 84.9 Å². The lowest BCUT2D eigenvalue weighted by Gasteiger charge is -2.21. The number of urea groups is 1. The van der Waals surface area contributed by atoms with Gasteiger partial charge in [0.15, 0.2) is 5.78 Å². The highest BCUT2D eigenvalue weighted by atomic mass is 16.2. The van der Waals surface area contributed by atoms with Crippen LogP contribution in [0, 0.1) is 0 Å². The lowest BCUT2D eigenvalue weighted by molar-refractivity contribution is -0.121. The molecule has 0 saturated heterocycles. The third-order valence-corrected chi connectivity index (χ3v) is 7.92. The van der Waals surface area contributed by atoms with Gasteiger partial charge in [-0.2, -0.15) is 0 Å². The SMILES string of the molecule is CCCCCCCNC(=O)N(C)c1cccc(-c2ccc(C[C@H](Nc3ccccc3C(=O)c3ccccc3)C(=O)NC)cc2)c1. The van der Waals surface area contributed by atoms with E-state index in [2.05, 4.69) is 22.9 Å². The van der Waals surface area contributed by atoms with Crippen molar-refractivity contribution in [3.05, 3.63) is 120 Å². The van der Waals surface area contributed by atoms with Crippen molar-refractivity contribution in [2.75, 3.05) is 30.9 Å². The molecule has 0 unspecified atom stereocenters. The Kier molecular flexibility index (Phi) is 12.3. The maximum absolute atomic E-state index is 13.2. The van der Waals surface area contributed by atoms with Crippen LogP contribution >= 0.6 is 0 Å². The quantitative estimate of drug-likeness (QED) is 0.0970. The largest absolute Gasteiger partial charge is 0.373 e. The van der Waals surface area contributed by atoms with E-state index in [4.69, 9.17) is 0 Å². The zero-order chi connectivity index (χ0) is 32.0. The third-order valence-electron chi connectivity index (χ3n) is 7.92. The van der Waals surface area contributed by atoms with Crippen LogP contribution in [0.5, 0.6) is 0 Å². The predicted molar refractivity (Wildman–Crippen MR) is 184 cm³/mol. The zero-order valence-corrected chi connectivity index (χ0v) is 26.5. The van der Waals surface area contributed by atoms with Crippen LogP contribution in [0.4, 0.5) is 16.2 Å². The number of nitrogens with one attached hydrogen (secondary N) is 3. The highest BCUT2D eigenvalue weighted by Crippen LogP contribution is 2.26. The van der Waals surface area contributed by atoms with Gasteiger partial charge in [0.1, 0.15) is 6.04 Å². The molecule has 4 aromatic carbocycles. The van der Waals surface area contributed by atoms with Gasteiger partial charge in [-0.1, -0.05) is 111 Å². The smallest absolute Gasteiger partial charge is 0.321 e. The third kappa shape index (κ3) is 9.29. The molecule has 1 atom stereocenters. The molecule has 0 aliphatic carbocycles. The van der Waals surface area contributed by atoms with E-state index in [9.17, 15) is 14.4 Å². The van der Waals surface area contributed by atoms with Crippen molar-refractivity contribution in [1.29, 1.82) is 0 Å². The number of rotatable bonds is 15. The molecular weight excluding hydrogens is 560 g/mol. The molecule has 0 aliphatic rings. The average Bonchev–Trinajstić information content (AvgIpc) is 3.09. The molecule has 0 radical (unpaired) electrons. The standard InChI is InChI=1S/C38H44N4O3/c1-4-5-6-7-13-25-40-38(45)42(3)32-18-14-17-31(27-32)29-23-21-28(22-24-29)26-35(37(44)39-2)41-34-20-12-11-19-33(34)36(43)30-15-9-8-10-16-30/h8-12,14-24,27,35,41H,4-7,13,25-26H2,1-3H3,(H,39,44)(H,40,45)/t35-/m0/s1. The Hall–Kier alpha value is -4.91. The van der Waals surface area contributed by atoms with Gasteiger partial charge < -0.3 is 16.0 Å². The Morgan fingerprint density at radius 2 is 1.47 bits per heavy atom. The van der Waals surface area contributed by atoms with Crippen molar-refractivity contribution in [3.8, 4) is 11.1 Å². The zero-order valence-electron chi connectivity index (χ0n) is 26.5. The van der Waals surface area contributed by atoms with Gasteiger partial charge in [0.25, 0.3) is 0 Å². The second-order valence-corrected chi connectivity index (χ2v) is 11.2. The van der Waals surface area contributed by atoms with Crippen LogP contribution in [-0.4, -0.2) is 44.4 Å². The highest BCUT2D eigenvalue weighted by molar-refractivity contribution is 6.12. The molecule has 234 valence electrons. The molecule has 4 rings (SSSR count). The van der Waals surface area contributed by atoms with E-state index in [0.717, 1.165) is 35.2 Å². The summed E-state index contributed by atoms with van der Waals surface area (Å²) < 4.78 is 0. The highest BCUT2D eigenvalue weighted by Gasteiger charge is 2.21. The number of nitrogens with zero attached hydrogens (tertiary/aromatic N) is 1. The van der Waals surface area contributed by atoms with Crippen molar-refractivity contribution in [1.82, 2.24) is 10.6 Å². The fourth-order valence-corrected chi connectivity index (χ4v) is 5.25. The Morgan fingerprint density at radius 1 is 0.756 bits per heavy atom. The number of likely N-dealkylation sites (N-methyl/N-ethyl adjacent to an activating group) is 1. The number of para-hydroxylation sites is 1. The number of carbonyl (C=O) groups excluding carboxylic acids is 3. The lowest BCUT2D eigenvalue weighted by Crippen LogP contribution is -2.39. The number of carbonyl (C=O) groups is 3. The summed E-state index contributed by atoms with van der Waals surface area (Å²) in [4.78, 5) is 40.6. The summed E-state index contributed by atoms with van der Waals surface area (Å²) >= 11 is 0. The first kappa shape index (κ1) is 33.0. The Morgan fingerprint density at radius 3 is 2.20 bits per heavy atom. The fourth-order valence-electron chi connectivity index (χ4n) is 5.25. The molecular formula is C38H44N4O3. The van der Waals surface area contributed by atoms with Crippen LogP contribution in [0.25, 0.3) is 11.1 Å². The molecule has 45 heavy (non-hydrogen) atoms. The molecule has 0 aromatic heterocycles. The maximum atomic E-state index is 13.2. The van der Waals surface area contributed by atoms with Crippen LogP contribution in [0.1, 0.15) is 60.5 Å². The van der Waals surface area contributed by atoms with Gasteiger partial charge in [-0.3, -0.25) is 14.5 Å². The van der Waals surface area contributed by atoms with Crippen molar-refractivity contribution in [3.63, 3.8) is 0 Å². The minimum atomic E-state index is -0.590. The van der Waals surface area contributed by atoms with Gasteiger partial charge in [-0.05, 0) is 47.4 Å². The number of unbranched alkanes of at least 4 members (excludes halogenated alkanes) is 4. The lowest BCUT2D eigenvalue weighted by atomic mass is 9.98. The van der Waals surface area contributed by atoms with E-state index in [-0.39, 0.29) is 17.7 Å². The van der Waals surface area contributed by atoms with E-state index in [1.54, 1.807) is 37.2 Å². The molecule has 4 aromatic rings. The topological polar surface area (TPSA) is 90.5 Å². The van der Waals surface area contributed by atoms with Gasteiger partial charge in [-0.15, -0.1) is 0 Å². The van der Waals surface area contributed by atoms with Crippen LogP contribution in [0.2, 0.25) is 0 Å². The summed E-state index contributed by atoms with van der Waals surface area (Å²) in [6, 6.07) is 31.7. The minimum Gasteiger partial charge on any atom is -0.373 e. The number of amides is 3. The van der Waals surface area contributed by atoms with Crippen LogP contribution < -0.4 is 20.9 Å². The van der Waals surface area contributed by atoms with Gasteiger partial charge in [0.05, 0.1) is 0 Å². The van der Waals surface area contributed by atoms with Gasteiger partial charge in [-0.25, -0.2) is 4.79 Å². The summed E-state index contributed by atoms with van der Waals surface area (Å²) in [6.45, 7) is 2.87. The average molecular weight is 605 g/mol. The van der Waals surface area contributed by atoms with E-state index < -0.39 is 6.04 Å². The summed E-state index contributed by atoms with van der Waals surface area (Å²) in [6.07, 6.45) is 6.19. The first-order valence-electron chi connectivity index (χ1n) is 15.8. The molecule has 0 spiro atoms. The summed E-state index contributed by atoms with van der Waals surface area (Å²) in [5.74, 6) is -0.275. The molecule has 0 heterocycles. The predicted octanol–water partition coefficient (Wildman–Crippen LogP) is 7.47. The Balaban J connectivity index is 1.43. The number of anilines is 2. The molecule has 0 saturated carbocycles. The van der Waals surface area contributed by atoms with Crippen LogP contribution in [0.15, 0.2) is 103 Å². The number of hydrogen-bond donors (Lipinski definition) is 3. The van der Waals surface area contributed by atoms with Crippen molar-refractivity contribution < 1.29 is 14.4 Å². The van der Waals surface area contributed by atoms with Crippen molar-refractivity contribution in [2.45, 2.75) is 51.5 Å².